The number of phenolic OH excluding ortho intramolecular Hbond substituents is 1. The van der Waals surface area contributed by atoms with Crippen molar-refractivity contribution in [2.45, 2.75) is 13.5 Å². The van der Waals surface area contributed by atoms with E-state index < -0.39 is 0 Å². The Hall–Kier alpha value is -2.67. The first-order valence-corrected chi connectivity index (χ1v) is 6.42. The van der Waals surface area contributed by atoms with E-state index in [4.69, 9.17) is 10.00 Å². The third kappa shape index (κ3) is 3.21. The molecule has 0 amide bonds. The number of anilines is 1. The summed E-state index contributed by atoms with van der Waals surface area (Å²) in [7, 11) is 0. The fourth-order valence-corrected chi connectivity index (χ4v) is 1.84. The summed E-state index contributed by atoms with van der Waals surface area (Å²) in [5.41, 5.74) is 2.28. The van der Waals surface area contributed by atoms with Crippen molar-refractivity contribution in [2.24, 2.45) is 0 Å². The monoisotopic (exact) mass is 268 g/mol. The molecule has 0 aromatic heterocycles. The summed E-state index contributed by atoms with van der Waals surface area (Å²) in [6.07, 6.45) is 0. The Morgan fingerprint density at radius 2 is 1.95 bits per heavy atom. The third-order valence-electron chi connectivity index (χ3n) is 2.88. The van der Waals surface area contributed by atoms with E-state index in [1.807, 2.05) is 31.2 Å². The quantitative estimate of drug-likeness (QED) is 0.873. The van der Waals surface area contributed by atoms with E-state index in [1.165, 1.54) is 0 Å². The molecule has 0 aliphatic carbocycles. The molecule has 0 radical (unpaired) electrons. The second-order valence-electron chi connectivity index (χ2n) is 4.24. The molecule has 102 valence electrons. The van der Waals surface area contributed by atoms with E-state index in [0.29, 0.717) is 24.5 Å². The van der Waals surface area contributed by atoms with Crippen LogP contribution in [0.25, 0.3) is 0 Å². The highest BCUT2D eigenvalue weighted by atomic mass is 16.5. The number of phenols is 1. The Balaban J connectivity index is 2.06. The number of para-hydroxylation sites is 1. The number of rotatable bonds is 5. The summed E-state index contributed by atoms with van der Waals surface area (Å²) in [4.78, 5) is 0. The second-order valence-corrected chi connectivity index (χ2v) is 4.24. The first-order valence-electron chi connectivity index (χ1n) is 6.42. The summed E-state index contributed by atoms with van der Waals surface area (Å²) < 4.78 is 5.35. The summed E-state index contributed by atoms with van der Waals surface area (Å²) in [5, 5.41) is 22.0. The van der Waals surface area contributed by atoms with E-state index in [0.717, 1.165) is 11.3 Å². The van der Waals surface area contributed by atoms with Gasteiger partial charge in [-0.2, -0.15) is 5.26 Å². The van der Waals surface area contributed by atoms with Crippen molar-refractivity contribution in [1.82, 2.24) is 0 Å². The summed E-state index contributed by atoms with van der Waals surface area (Å²) in [5.74, 6) is 0.655. The molecule has 0 spiro atoms. The molecule has 0 bridgehead atoms. The van der Waals surface area contributed by atoms with Crippen molar-refractivity contribution >= 4 is 5.69 Å². The van der Waals surface area contributed by atoms with E-state index in [9.17, 15) is 5.11 Å². The van der Waals surface area contributed by atoms with Gasteiger partial charge in [-0.3, -0.25) is 0 Å². The Bertz CT molecular complexity index is 615. The van der Waals surface area contributed by atoms with Crippen LogP contribution >= 0.6 is 0 Å². The van der Waals surface area contributed by atoms with E-state index in [1.54, 1.807) is 18.2 Å². The van der Waals surface area contributed by atoms with Gasteiger partial charge in [0.1, 0.15) is 0 Å². The van der Waals surface area contributed by atoms with Gasteiger partial charge in [-0.25, -0.2) is 0 Å². The van der Waals surface area contributed by atoms with Crippen LogP contribution in [-0.2, 0) is 6.54 Å². The number of benzene rings is 2. The highest BCUT2D eigenvalue weighted by Crippen LogP contribution is 2.30. The Kier molecular flexibility index (Phi) is 4.46. The lowest BCUT2D eigenvalue weighted by Gasteiger charge is -2.11. The fraction of sp³-hybridized carbons (Fsp3) is 0.188. The lowest BCUT2D eigenvalue weighted by Crippen LogP contribution is -2.01. The van der Waals surface area contributed by atoms with Gasteiger partial charge in [0.05, 0.1) is 18.2 Å². The number of nitriles is 1. The molecule has 0 unspecified atom stereocenters. The first-order chi connectivity index (χ1) is 9.74. The first kappa shape index (κ1) is 13.8. The van der Waals surface area contributed by atoms with Gasteiger partial charge in [-0.15, -0.1) is 0 Å². The maximum Gasteiger partial charge on any atom is 0.162 e. The molecule has 20 heavy (non-hydrogen) atoms. The van der Waals surface area contributed by atoms with Crippen molar-refractivity contribution in [3.05, 3.63) is 53.6 Å². The second kappa shape index (κ2) is 6.48. The number of hydrogen-bond acceptors (Lipinski definition) is 4. The van der Waals surface area contributed by atoms with Crippen molar-refractivity contribution in [2.75, 3.05) is 11.9 Å². The van der Waals surface area contributed by atoms with Crippen LogP contribution in [0, 0.1) is 11.3 Å². The molecule has 2 aromatic carbocycles. The zero-order chi connectivity index (χ0) is 14.4. The number of nitrogens with zero attached hydrogens (tertiary/aromatic N) is 1. The van der Waals surface area contributed by atoms with Gasteiger partial charge < -0.3 is 15.2 Å². The summed E-state index contributed by atoms with van der Waals surface area (Å²) >= 11 is 0. The number of ether oxygens (including phenoxy) is 1. The molecule has 0 aliphatic heterocycles. The van der Waals surface area contributed by atoms with Gasteiger partial charge in [0, 0.05) is 17.8 Å². The van der Waals surface area contributed by atoms with E-state index in [2.05, 4.69) is 11.4 Å². The van der Waals surface area contributed by atoms with Crippen molar-refractivity contribution in [3.8, 4) is 17.6 Å². The molecule has 0 heterocycles. The predicted molar refractivity (Wildman–Crippen MR) is 77.8 cm³/mol. The number of hydrogen-bond donors (Lipinski definition) is 2. The fourth-order valence-electron chi connectivity index (χ4n) is 1.84. The lowest BCUT2D eigenvalue weighted by atomic mass is 10.1. The number of aromatic hydroxyl groups is 1. The van der Waals surface area contributed by atoms with Crippen LogP contribution in [0.3, 0.4) is 0 Å². The van der Waals surface area contributed by atoms with Gasteiger partial charge in [0.2, 0.25) is 0 Å². The van der Waals surface area contributed by atoms with Gasteiger partial charge in [-0.05, 0) is 37.3 Å². The average molecular weight is 268 g/mol. The third-order valence-corrected chi connectivity index (χ3v) is 2.88. The van der Waals surface area contributed by atoms with E-state index >= 15 is 0 Å². The summed E-state index contributed by atoms with van der Waals surface area (Å²) in [6, 6.07) is 14.7. The van der Waals surface area contributed by atoms with Crippen molar-refractivity contribution in [1.29, 1.82) is 5.26 Å². The normalized spacial score (nSPS) is 9.80. The largest absolute Gasteiger partial charge is 0.504 e. The Morgan fingerprint density at radius 3 is 2.60 bits per heavy atom. The van der Waals surface area contributed by atoms with Crippen LogP contribution in [0.4, 0.5) is 5.69 Å². The summed E-state index contributed by atoms with van der Waals surface area (Å²) in [6.45, 7) is 2.87. The molecule has 2 N–H and O–H groups in total. The highest BCUT2D eigenvalue weighted by molar-refractivity contribution is 5.50. The van der Waals surface area contributed by atoms with Crippen LogP contribution in [0.2, 0.25) is 0 Å². The SMILES string of the molecule is CCOc1cccc(CNc2ccc(C#N)cc2)c1O. The molecule has 0 saturated carbocycles. The maximum atomic E-state index is 10.1. The maximum absolute atomic E-state index is 10.1. The minimum atomic E-state index is 0.162. The molecule has 0 fully saturated rings. The Morgan fingerprint density at radius 1 is 1.20 bits per heavy atom. The van der Waals surface area contributed by atoms with Gasteiger partial charge >= 0.3 is 0 Å². The average Bonchev–Trinajstić information content (AvgIpc) is 2.49. The highest BCUT2D eigenvalue weighted by Gasteiger charge is 2.07. The van der Waals surface area contributed by atoms with Crippen molar-refractivity contribution < 1.29 is 9.84 Å². The Labute approximate surface area is 118 Å². The van der Waals surface area contributed by atoms with Crippen LogP contribution < -0.4 is 10.1 Å². The van der Waals surface area contributed by atoms with E-state index in [-0.39, 0.29) is 5.75 Å². The van der Waals surface area contributed by atoms with Crippen LogP contribution in [0.15, 0.2) is 42.5 Å². The van der Waals surface area contributed by atoms with Crippen LogP contribution in [0.5, 0.6) is 11.5 Å². The molecule has 2 rings (SSSR count). The van der Waals surface area contributed by atoms with Crippen LogP contribution in [0.1, 0.15) is 18.1 Å². The predicted octanol–water partition coefficient (Wildman–Crippen LogP) is 3.27. The smallest absolute Gasteiger partial charge is 0.162 e. The topological polar surface area (TPSA) is 65.3 Å². The zero-order valence-corrected chi connectivity index (χ0v) is 11.3. The molecule has 0 aliphatic rings. The van der Waals surface area contributed by atoms with Gasteiger partial charge in [0.25, 0.3) is 0 Å². The standard InChI is InChI=1S/C16H16N2O2/c1-2-20-15-5-3-4-13(16(15)19)11-18-14-8-6-12(10-17)7-9-14/h3-9,18-19H,2,11H2,1H3. The molecule has 4 nitrogen and oxygen atoms in total. The molecular weight excluding hydrogens is 252 g/mol. The number of nitrogens with one attached hydrogen (secondary N) is 1. The lowest BCUT2D eigenvalue weighted by molar-refractivity contribution is 0.317. The molecule has 0 atom stereocenters. The van der Waals surface area contributed by atoms with Crippen molar-refractivity contribution in [3.63, 3.8) is 0 Å². The minimum Gasteiger partial charge on any atom is -0.504 e. The van der Waals surface area contributed by atoms with Gasteiger partial charge in [0.15, 0.2) is 11.5 Å². The van der Waals surface area contributed by atoms with Gasteiger partial charge in [-0.1, -0.05) is 12.1 Å². The molecule has 0 saturated heterocycles. The molecule has 2 aromatic rings. The molecule has 4 heteroatoms. The van der Waals surface area contributed by atoms with Crippen LogP contribution in [-0.4, -0.2) is 11.7 Å². The molecular formula is C16H16N2O2. The minimum absolute atomic E-state index is 0.162. The zero-order valence-electron chi connectivity index (χ0n) is 11.3.